The molecule has 0 aliphatic heterocycles. The van der Waals surface area contributed by atoms with Crippen LogP contribution in [0.1, 0.15) is 16.1 Å². The first kappa shape index (κ1) is 11.8. The summed E-state index contributed by atoms with van der Waals surface area (Å²) in [4.78, 5) is 11.7. The molecule has 2 aromatic rings. The summed E-state index contributed by atoms with van der Waals surface area (Å²) in [7, 11) is 0. The molecule has 1 aromatic heterocycles. The van der Waals surface area contributed by atoms with Gasteiger partial charge in [0.05, 0.1) is 10.7 Å². The van der Waals surface area contributed by atoms with Crippen molar-refractivity contribution in [3.63, 3.8) is 0 Å². The van der Waals surface area contributed by atoms with Gasteiger partial charge in [0, 0.05) is 11.3 Å². The predicted octanol–water partition coefficient (Wildman–Crippen LogP) is 3.14. The molecule has 0 radical (unpaired) electrons. The zero-order chi connectivity index (χ0) is 12.4. The number of carbonyl (C=O) groups is 1. The van der Waals surface area contributed by atoms with E-state index < -0.39 is 5.91 Å². The highest BCUT2D eigenvalue weighted by atomic mass is 79.9. The first-order valence-corrected chi connectivity index (χ1v) is 5.55. The van der Waals surface area contributed by atoms with E-state index in [0.29, 0.717) is 11.3 Å². The Balaban J connectivity index is 2.19. The van der Waals surface area contributed by atoms with Gasteiger partial charge in [0.2, 0.25) is 5.76 Å². The van der Waals surface area contributed by atoms with Crippen LogP contribution >= 0.6 is 15.9 Å². The van der Waals surface area contributed by atoms with Crippen molar-refractivity contribution >= 4 is 27.5 Å². The van der Waals surface area contributed by atoms with E-state index in [1.54, 1.807) is 6.92 Å². The summed E-state index contributed by atoms with van der Waals surface area (Å²) in [6, 6.07) is 4.19. The fraction of sp³-hybridized carbons (Fsp3) is 0.0909. The van der Waals surface area contributed by atoms with Gasteiger partial charge < -0.3 is 9.84 Å². The van der Waals surface area contributed by atoms with Crippen LogP contribution < -0.4 is 5.32 Å². The number of benzene rings is 1. The number of aryl methyl sites for hydroxylation is 1. The van der Waals surface area contributed by atoms with E-state index in [0.717, 1.165) is 0 Å². The second-order valence-electron chi connectivity index (χ2n) is 3.42. The number of amides is 1. The van der Waals surface area contributed by atoms with E-state index >= 15 is 0 Å². The maximum absolute atomic E-state index is 13.0. The number of nitrogens with zero attached hydrogens (tertiary/aromatic N) is 1. The Hall–Kier alpha value is -1.69. The van der Waals surface area contributed by atoms with E-state index in [-0.39, 0.29) is 16.1 Å². The molecule has 1 heterocycles. The fourth-order valence-electron chi connectivity index (χ4n) is 1.27. The van der Waals surface area contributed by atoms with Crippen molar-refractivity contribution in [3.8, 4) is 0 Å². The molecule has 2 rings (SSSR count). The van der Waals surface area contributed by atoms with Gasteiger partial charge in [-0.1, -0.05) is 5.16 Å². The van der Waals surface area contributed by atoms with Crippen molar-refractivity contribution < 1.29 is 13.7 Å². The van der Waals surface area contributed by atoms with Crippen LogP contribution in [-0.4, -0.2) is 11.1 Å². The van der Waals surface area contributed by atoms with Crippen molar-refractivity contribution in [3.05, 3.63) is 46.0 Å². The summed E-state index contributed by atoms with van der Waals surface area (Å²) in [6.45, 7) is 1.71. The van der Waals surface area contributed by atoms with Gasteiger partial charge in [-0.15, -0.1) is 0 Å². The van der Waals surface area contributed by atoms with Crippen LogP contribution in [0.5, 0.6) is 0 Å². The minimum atomic E-state index is -0.418. The first-order valence-electron chi connectivity index (χ1n) is 4.75. The molecule has 0 fully saturated rings. The number of anilines is 1. The summed E-state index contributed by atoms with van der Waals surface area (Å²) in [5, 5.41) is 6.09. The molecule has 88 valence electrons. The molecule has 0 unspecified atom stereocenters. The molecule has 0 bridgehead atoms. The van der Waals surface area contributed by atoms with Crippen LogP contribution in [0.15, 0.2) is 33.4 Å². The largest absolute Gasteiger partial charge is 0.351 e. The molecule has 1 N–H and O–H groups in total. The zero-order valence-corrected chi connectivity index (χ0v) is 10.4. The maximum atomic E-state index is 13.0. The quantitative estimate of drug-likeness (QED) is 0.927. The van der Waals surface area contributed by atoms with Crippen LogP contribution in [0.4, 0.5) is 10.1 Å². The second kappa shape index (κ2) is 4.67. The summed E-state index contributed by atoms with van der Waals surface area (Å²) in [5.41, 5.74) is 1.11. The van der Waals surface area contributed by atoms with Crippen LogP contribution in [0, 0.1) is 12.7 Å². The molecule has 0 atom stereocenters. The van der Waals surface area contributed by atoms with Crippen molar-refractivity contribution in [1.29, 1.82) is 0 Å². The van der Waals surface area contributed by atoms with Crippen LogP contribution in [0.25, 0.3) is 0 Å². The van der Waals surface area contributed by atoms with E-state index in [1.807, 2.05) is 0 Å². The number of nitrogens with one attached hydrogen (secondary N) is 1. The van der Waals surface area contributed by atoms with Gasteiger partial charge in [0.25, 0.3) is 5.91 Å². The summed E-state index contributed by atoms with van der Waals surface area (Å²) < 4.78 is 18.1. The lowest BCUT2D eigenvalue weighted by Crippen LogP contribution is -2.12. The number of hydrogen-bond donors (Lipinski definition) is 1. The molecular formula is C11H8BrFN2O2. The molecule has 0 aliphatic carbocycles. The Bertz CT molecular complexity index is 568. The monoisotopic (exact) mass is 298 g/mol. The highest BCUT2D eigenvalue weighted by Gasteiger charge is 2.14. The van der Waals surface area contributed by atoms with Crippen LogP contribution in [0.2, 0.25) is 0 Å². The van der Waals surface area contributed by atoms with Crippen molar-refractivity contribution in [2.75, 3.05) is 5.32 Å². The van der Waals surface area contributed by atoms with Crippen LogP contribution in [-0.2, 0) is 0 Å². The maximum Gasteiger partial charge on any atom is 0.294 e. The number of halogens is 2. The molecule has 17 heavy (non-hydrogen) atoms. The van der Waals surface area contributed by atoms with Gasteiger partial charge in [-0.3, -0.25) is 4.79 Å². The second-order valence-corrected chi connectivity index (χ2v) is 4.28. The number of rotatable bonds is 2. The summed E-state index contributed by atoms with van der Waals surface area (Å²) >= 11 is 3.04. The Labute approximate surface area is 105 Å². The molecule has 6 heteroatoms. The lowest BCUT2D eigenvalue weighted by Gasteiger charge is -2.04. The Morgan fingerprint density at radius 2 is 2.29 bits per heavy atom. The average Bonchev–Trinajstić information content (AvgIpc) is 2.70. The minimum absolute atomic E-state index is 0.144. The van der Waals surface area contributed by atoms with Gasteiger partial charge in [-0.2, -0.15) is 0 Å². The predicted molar refractivity (Wildman–Crippen MR) is 63.3 cm³/mol. The minimum Gasteiger partial charge on any atom is -0.351 e. The summed E-state index contributed by atoms with van der Waals surface area (Å²) in [5.74, 6) is -0.664. The Morgan fingerprint density at radius 3 is 2.88 bits per heavy atom. The third kappa shape index (κ3) is 2.52. The van der Waals surface area contributed by atoms with E-state index in [9.17, 15) is 9.18 Å². The van der Waals surface area contributed by atoms with Crippen LogP contribution in [0.3, 0.4) is 0 Å². The highest BCUT2D eigenvalue weighted by Crippen LogP contribution is 2.20. The number of hydrogen-bond acceptors (Lipinski definition) is 3. The van der Waals surface area contributed by atoms with Crippen molar-refractivity contribution in [2.45, 2.75) is 6.92 Å². The summed E-state index contributed by atoms with van der Waals surface area (Å²) in [6.07, 6.45) is 1.45. The van der Waals surface area contributed by atoms with Gasteiger partial charge in [-0.25, -0.2) is 4.39 Å². The van der Waals surface area contributed by atoms with Crippen molar-refractivity contribution in [2.24, 2.45) is 0 Å². The zero-order valence-electron chi connectivity index (χ0n) is 8.83. The van der Waals surface area contributed by atoms with Crippen molar-refractivity contribution in [1.82, 2.24) is 5.16 Å². The SMILES string of the molecule is Cc1cnoc1C(=O)Nc1ccc(F)c(Br)c1. The van der Waals surface area contributed by atoms with Gasteiger partial charge >= 0.3 is 0 Å². The average molecular weight is 299 g/mol. The van der Waals surface area contributed by atoms with E-state index in [4.69, 9.17) is 4.52 Å². The molecule has 1 aromatic carbocycles. The number of carbonyl (C=O) groups excluding carboxylic acids is 1. The smallest absolute Gasteiger partial charge is 0.294 e. The molecular weight excluding hydrogens is 291 g/mol. The van der Waals surface area contributed by atoms with Gasteiger partial charge in [0.15, 0.2) is 0 Å². The number of aromatic nitrogens is 1. The molecule has 0 spiro atoms. The highest BCUT2D eigenvalue weighted by molar-refractivity contribution is 9.10. The molecule has 0 saturated heterocycles. The third-order valence-corrected chi connectivity index (χ3v) is 2.74. The standard InChI is InChI=1S/C11H8BrFN2O2/c1-6-5-14-17-10(6)11(16)15-7-2-3-9(13)8(12)4-7/h2-5H,1H3,(H,15,16). The molecule has 0 saturated carbocycles. The Kier molecular flexibility index (Phi) is 3.23. The fourth-order valence-corrected chi connectivity index (χ4v) is 1.65. The molecule has 1 amide bonds. The topological polar surface area (TPSA) is 55.1 Å². The normalized spacial score (nSPS) is 10.3. The molecule has 4 nitrogen and oxygen atoms in total. The van der Waals surface area contributed by atoms with E-state index in [2.05, 4.69) is 26.4 Å². The van der Waals surface area contributed by atoms with E-state index in [1.165, 1.54) is 24.4 Å². The first-order chi connectivity index (χ1) is 8.08. The van der Waals surface area contributed by atoms with Gasteiger partial charge in [0.1, 0.15) is 5.82 Å². The Morgan fingerprint density at radius 1 is 1.53 bits per heavy atom. The van der Waals surface area contributed by atoms with Gasteiger partial charge in [-0.05, 0) is 41.1 Å². The third-order valence-electron chi connectivity index (χ3n) is 2.13. The lowest BCUT2D eigenvalue weighted by atomic mass is 10.2. The molecule has 0 aliphatic rings. The lowest BCUT2D eigenvalue weighted by molar-refractivity contribution is 0.0987.